The van der Waals surface area contributed by atoms with Crippen molar-refractivity contribution in [2.75, 3.05) is 0 Å². The second-order valence-corrected chi connectivity index (χ2v) is 5.88. The van der Waals surface area contributed by atoms with Crippen LogP contribution in [0.2, 0.25) is 5.02 Å². The maximum atomic E-state index is 12.1. The molecule has 0 spiro atoms. The summed E-state index contributed by atoms with van der Waals surface area (Å²) in [6, 6.07) is 10.9. The first kappa shape index (κ1) is 14.9. The second-order valence-electron chi connectivity index (χ2n) is 4.46. The SMILES string of the molecule is C[C@@H](Oc1ccc(Cl)cc1)C(=O)N[C@H](C)c1cccs1. The number of carbonyl (C=O) groups excluding carboxylic acids is 1. The Balaban J connectivity index is 1.90. The van der Waals surface area contributed by atoms with Gasteiger partial charge in [-0.2, -0.15) is 0 Å². The number of amides is 1. The van der Waals surface area contributed by atoms with Crippen molar-refractivity contribution in [3.63, 3.8) is 0 Å². The molecule has 5 heteroatoms. The monoisotopic (exact) mass is 309 g/mol. The molecule has 1 amide bonds. The fourth-order valence-corrected chi connectivity index (χ4v) is 2.57. The van der Waals surface area contributed by atoms with Gasteiger partial charge in [0.15, 0.2) is 6.10 Å². The molecule has 3 nitrogen and oxygen atoms in total. The second kappa shape index (κ2) is 6.77. The van der Waals surface area contributed by atoms with Crippen LogP contribution in [0.5, 0.6) is 5.75 Å². The number of ether oxygens (including phenoxy) is 1. The maximum absolute atomic E-state index is 12.1. The van der Waals surface area contributed by atoms with E-state index in [0.29, 0.717) is 10.8 Å². The zero-order valence-electron chi connectivity index (χ0n) is 11.3. The summed E-state index contributed by atoms with van der Waals surface area (Å²) in [4.78, 5) is 13.2. The van der Waals surface area contributed by atoms with Crippen LogP contribution in [0.15, 0.2) is 41.8 Å². The number of nitrogens with one attached hydrogen (secondary N) is 1. The molecule has 0 saturated heterocycles. The Morgan fingerprint density at radius 3 is 2.55 bits per heavy atom. The van der Waals surface area contributed by atoms with E-state index in [1.54, 1.807) is 42.5 Å². The number of hydrogen-bond acceptors (Lipinski definition) is 3. The van der Waals surface area contributed by atoms with E-state index in [1.165, 1.54) is 0 Å². The molecule has 2 atom stereocenters. The highest BCUT2D eigenvalue weighted by Crippen LogP contribution is 2.19. The molecule has 0 saturated carbocycles. The molecule has 0 fully saturated rings. The molecule has 20 heavy (non-hydrogen) atoms. The molecule has 0 aliphatic rings. The van der Waals surface area contributed by atoms with E-state index >= 15 is 0 Å². The van der Waals surface area contributed by atoms with Gasteiger partial charge >= 0.3 is 0 Å². The number of halogens is 1. The lowest BCUT2D eigenvalue weighted by Gasteiger charge is -2.18. The third kappa shape index (κ3) is 3.99. The van der Waals surface area contributed by atoms with Crippen molar-refractivity contribution >= 4 is 28.8 Å². The summed E-state index contributed by atoms with van der Waals surface area (Å²) in [6.45, 7) is 3.68. The summed E-state index contributed by atoms with van der Waals surface area (Å²) in [7, 11) is 0. The predicted molar refractivity (Wildman–Crippen MR) is 82.4 cm³/mol. The molecule has 0 aliphatic carbocycles. The summed E-state index contributed by atoms with van der Waals surface area (Å²) in [5.41, 5.74) is 0. The minimum Gasteiger partial charge on any atom is -0.481 e. The molecule has 0 aliphatic heterocycles. The molecular weight excluding hydrogens is 294 g/mol. The van der Waals surface area contributed by atoms with Crippen LogP contribution >= 0.6 is 22.9 Å². The standard InChI is InChI=1S/C15H16ClNO2S/c1-10(14-4-3-9-20-14)17-15(18)11(2)19-13-7-5-12(16)6-8-13/h3-11H,1-2H3,(H,17,18)/t10-,11-/m1/s1. The van der Waals surface area contributed by atoms with Crippen molar-refractivity contribution in [1.29, 1.82) is 0 Å². The smallest absolute Gasteiger partial charge is 0.261 e. The van der Waals surface area contributed by atoms with Crippen molar-refractivity contribution in [1.82, 2.24) is 5.32 Å². The molecule has 0 bridgehead atoms. The van der Waals surface area contributed by atoms with Crippen molar-refractivity contribution in [3.05, 3.63) is 51.7 Å². The fourth-order valence-electron chi connectivity index (χ4n) is 1.71. The van der Waals surface area contributed by atoms with E-state index in [0.717, 1.165) is 4.88 Å². The number of thiophene rings is 1. The molecule has 0 radical (unpaired) electrons. The van der Waals surface area contributed by atoms with Gasteiger partial charge in [0.05, 0.1) is 6.04 Å². The molecular formula is C15H16ClNO2S. The van der Waals surface area contributed by atoms with Crippen molar-refractivity contribution in [2.24, 2.45) is 0 Å². The first-order valence-corrected chi connectivity index (χ1v) is 7.58. The summed E-state index contributed by atoms with van der Waals surface area (Å²) in [6.07, 6.45) is -0.557. The molecule has 0 unspecified atom stereocenters. The van der Waals surface area contributed by atoms with Crippen LogP contribution in [-0.2, 0) is 4.79 Å². The predicted octanol–water partition coefficient (Wildman–Crippen LogP) is 4.05. The molecule has 1 N–H and O–H groups in total. The van der Waals surface area contributed by atoms with Gasteiger partial charge in [-0.05, 0) is 49.6 Å². The van der Waals surface area contributed by atoms with E-state index in [-0.39, 0.29) is 11.9 Å². The lowest BCUT2D eigenvalue weighted by molar-refractivity contribution is -0.127. The third-order valence-electron chi connectivity index (χ3n) is 2.82. The summed E-state index contributed by atoms with van der Waals surface area (Å²) in [5, 5.41) is 5.57. The quantitative estimate of drug-likeness (QED) is 0.905. The Labute approximate surface area is 127 Å². The van der Waals surface area contributed by atoms with E-state index in [9.17, 15) is 4.79 Å². The van der Waals surface area contributed by atoms with Gasteiger partial charge in [0, 0.05) is 9.90 Å². The van der Waals surface area contributed by atoms with Crippen molar-refractivity contribution < 1.29 is 9.53 Å². The van der Waals surface area contributed by atoms with Crippen molar-refractivity contribution in [2.45, 2.75) is 26.0 Å². The summed E-state index contributed by atoms with van der Waals surface area (Å²) < 4.78 is 5.58. The van der Waals surface area contributed by atoms with E-state index in [2.05, 4.69) is 5.32 Å². The summed E-state index contributed by atoms with van der Waals surface area (Å²) >= 11 is 7.42. The van der Waals surface area contributed by atoms with Crippen LogP contribution in [0.4, 0.5) is 0 Å². The van der Waals surface area contributed by atoms with Gasteiger partial charge in [0.1, 0.15) is 5.75 Å². The highest BCUT2D eigenvalue weighted by Gasteiger charge is 2.18. The molecule has 2 rings (SSSR count). The molecule has 1 heterocycles. The molecule has 2 aromatic rings. The van der Waals surface area contributed by atoms with Gasteiger partial charge < -0.3 is 10.1 Å². The fraction of sp³-hybridized carbons (Fsp3) is 0.267. The normalized spacial score (nSPS) is 13.6. The molecule has 1 aromatic carbocycles. The van der Waals surface area contributed by atoms with Crippen LogP contribution in [0.25, 0.3) is 0 Å². The zero-order valence-corrected chi connectivity index (χ0v) is 12.9. The van der Waals surface area contributed by atoms with Gasteiger partial charge in [-0.1, -0.05) is 17.7 Å². The lowest BCUT2D eigenvalue weighted by atomic mass is 10.2. The number of hydrogen-bond donors (Lipinski definition) is 1. The van der Waals surface area contributed by atoms with Crippen LogP contribution in [0.1, 0.15) is 24.8 Å². The number of carbonyl (C=O) groups is 1. The Hall–Kier alpha value is -1.52. The number of rotatable bonds is 5. The molecule has 1 aromatic heterocycles. The van der Waals surface area contributed by atoms with Gasteiger partial charge in [-0.15, -0.1) is 11.3 Å². The number of benzene rings is 1. The first-order chi connectivity index (χ1) is 9.56. The largest absolute Gasteiger partial charge is 0.481 e. The van der Waals surface area contributed by atoms with Gasteiger partial charge in [0.2, 0.25) is 0 Å². The Kier molecular flexibility index (Phi) is 5.04. The highest BCUT2D eigenvalue weighted by atomic mass is 35.5. The van der Waals surface area contributed by atoms with Crippen LogP contribution in [0, 0.1) is 0 Å². The lowest BCUT2D eigenvalue weighted by Crippen LogP contribution is -2.37. The van der Waals surface area contributed by atoms with Crippen LogP contribution < -0.4 is 10.1 Å². The maximum Gasteiger partial charge on any atom is 0.261 e. The Morgan fingerprint density at radius 1 is 1.25 bits per heavy atom. The minimum absolute atomic E-state index is 0.0150. The summed E-state index contributed by atoms with van der Waals surface area (Å²) in [5.74, 6) is 0.488. The van der Waals surface area contributed by atoms with Gasteiger partial charge in [-0.25, -0.2) is 0 Å². The average molecular weight is 310 g/mol. The van der Waals surface area contributed by atoms with E-state index < -0.39 is 6.10 Å². The minimum atomic E-state index is -0.557. The third-order valence-corrected chi connectivity index (χ3v) is 4.13. The van der Waals surface area contributed by atoms with E-state index in [4.69, 9.17) is 16.3 Å². The Morgan fingerprint density at radius 2 is 1.95 bits per heavy atom. The van der Waals surface area contributed by atoms with Crippen LogP contribution in [0.3, 0.4) is 0 Å². The van der Waals surface area contributed by atoms with Crippen LogP contribution in [-0.4, -0.2) is 12.0 Å². The topological polar surface area (TPSA) is 38.3 Å². The van der Waals surface area contributed by atoms with E-state index in [1.807, 2.05) is 24.4 Å². The first-order valence-electron chi connectivity index (χ1n) is 6.32. The Bertz CT molecular complexity index is 554. The average Bonchev–Trinajstić information content (AvgIpc) is 2.95. The van der Waals surface area contributed by atoms with Crippen molar-refractivity contribution in [3.8, 4) is 5.75 Å². The van der Waals surface area contributed by atoms with Gasteiger partial charge in [-0.3, -0.25) is 4.79 Å². The zero-order chi connectivity index (χ0) is 14.5. The molecule has 106 valence electrons. The van der Waals surface area contributed by atoms with Gasteiger partial charge in [0.25, 0.3) is 5.91 Å². The highest BCUT2D eigenvalue weighted by molar-refractivity contribution is 7.10.